The van der Waals surface area contributed by atoms with Crippen molar-refractivity contribution in [3.63, 3.8) is 0 Å². The van der Waals surface area contributed by atoms with Crippen LogP contribution in [0.1, 0.15) is 15.9 Å². The fraction of sp³-hybridized carbons (Fsp3) is 0.188. The van der Waals surface area contributed by atoms with Gasteiger partial charge in [0.2, 0.25) is 0 Å². The largest absolute Gasteiger partial charge is 0.497 e. The number of rotatable bonds is 6. The Balaban J connectivity index is 2.12. The Kier molecular flexibility index (Phi) is 4.66. The summed E-state index contributed by atoms with van der Waals surface area (Å²) < 4.78 is 10.5. The quantitative estimate of drug-likeness (QED) is 0.854. The van der Waals surface area contributed by atoms with Gasteiger partial charge in [-0.05, 0) is 30.3 Å². The van der Waals surface area contributed by atoms with Crippen molar-refractivity contribution < 1.29 is 19.4 Å². The molecule has 5 heteroatoms. The predicted molar refractivity (Wildman–Crippen MR) is 80.3 cm³/mol. The minimum atomic E-state index is -0.944. The monoisotopic (exact) mass is 287 g/mol. The second kappa shape index (κ2) is 6.65. The highest BCUT2D eigenvalue weighted by atomic mass is 16.5. The molecular weight excluding hydrogens is 270 g/mol. The first-order chi connectivity index (χ1) is 10.1. The van der Waals surface area contributed by atoms with E-state index >= 15 is 0 Å². The van der Waals surface area contributed by atoms with Crippen molar-refractivity contribution in [2.75, 3.05) is 19.5 Å². The molecule has 0 aliphatic carbocycles. The zero-order chi connectivity index (χ0) is 15.2. The van der Waals surface area contributed by atoms with Crippen molar-refractivity contribution in [1.82, 2.24) is 0 Å². The van der Waals surface area contributed by atoms with Crippen LogP contribution in [0.25, 0.3) is 0 Å². The molecule has 0 unspecified atom stereocenters. The molecule has 0 amide bonds. The van der Waals surface area contributed by atoms with Gasteiger partial charge in [0.25, 0.3) is 0 Å². The van der Waals surface area contributed by atoms with E-state index in [1.165, 1.54) is 0 Å². The molecule has 21 heavy (non-hydrogen) atoms. The Labute approximate surface area is 123 Å². The molecule has 0 aromatic heterocycles. The topological polar surface area (TPSA) is 67.8 Å². The van der Waals surface area contributed by atoms with E-state index in [1.54, 1.807) is 32.4 Å². The van der Waals surface area contributed by atoms with Crippen LogP contribution in [0.15, 0.2) is 42.5 Å². The first-order valence-electron chi connectivity index (χ1n) is 6.42. The summed E-state index contributed by atoms with van der Waals surface area (Å²) in [6, 6.07) is 12.3. The van der Waals surface area contributed by atoms with Gasteiger partial charge in [-0.15, -0.1) is 0 Å². The van der Waals surface area contributed by atoms with Crippen molar-refractivity contribution in [2.24, 2.45) is 0 Å². The third-order valence-corrected chi connectivity index (χ3v) is 3.09. The molecule has 2 aromatic carbocycles. The van der Waals surface area contributed by atoms with Crippen LogP contribution < -0.4 is 14.8 Å². The molecule has 0 saturated heterocycles. The number of hydrogen-bond donors (Lipinski definition) is 2. The van der Waals surface area contributed by atoms with Crippen molar-refractivity contribution in [3.8, 4) is 11.5 Å². The molecule has 0 bridgehead atoms. The Morgan fingerprint density at radius 2 is 1.95 bits per heavy atom. The summed E-state index contributed by atoms with van der Waals surface area (Å²) in [5.74, 6) is 0.500. The second-order valence-electron chi connectivity index (χ2n) is 4.42. The zero-order valence-electron chi connectivity index (χ0n) is 11.9. The standard InChI is InChI=1S/C16H17NO4/c1-20-14-7-6-12(15(9-14)21-2)10-17-13-5-3-4-11(8-13)16(18)19/h3-9,17H,10H2,1-2H3,(H,18,19). The van der Waals surface area contributed by atoms with Crippen molar-refractivity contribution in [1.29, 1.82) is 0 Å². The summed E-state index contributed by atoms with van der Waals surface area (Å²) in [6.45, 7) is 0.524. The van der Waals surface area contributed by atoms with Gasteiger partial charge in [-0.3, -0.25) is 0 Å². The molecule has 0 heterocycles. The van der Waals surface area contributed by atoms with Crippen LogP contribution >= 0.6 is 0 Å². The molecule has 0 atom stereocenters. The number of carbonyl (C=O) groups is 1. The minimum Gasteiger partial charge on any atom is -0.497 e. The van der Waals surface area contributed by atoms with Crippen LogP contribution in [0.2, 0.25) is 0 Å². The molecule has 0 radical (unpaired) electrons. The number of ether oxygens (including phenoxy) is 2. The van der Waals surface area contributed by atoms with Crippen molar-refractivity contribution >= 4 is 11.7 Å². The van der Waals surface area contributed by atoms with Gasteiger partial charge >= 0.3 is 5.97 Å². The lowest BCUT2D eigenvalue weighted by atomic mass is 10.1. The first-order valence-corrected chi connectivity index (χ1v) is 6.42. The molecule has 110 valence electrons. The molecule has 5 nitrogen and oxygen atoms in total. The van der Waals surface area contributed by atoms with Gasteiger partial charge in [0.05, 0.1) is 19.8 Å². The molecular formula is C16H17NO4. The fourth-order valence-electron chi connectivity index (χ4n) is 1.96. The normalized spacial score (nSPS) is 10.0. The number of methoxy groups -OCH3 is 2. The van der Waals surface area contributed by atoms with E-state index in [0.717, 1.165) is 22.7 Å². The van der Waals surface area contributed by atoms with Crippen LogP contribution in [0.3, 0.4) is 0 Å². The Hall–Kier alpha value is -2.69. The van der Waals surface area contributed by atoms with Gasteiger partial charge < -0.3 is 19.9 Å². The van der Waals surface area contributed by atoms with Crippen LogP contribution in [-0.4, -0.2) is 25.3 Å². The molecule has 2 aromatic rings. The van der Waals surface area contributed by atoms with Gasteiger partial charge in [0.15, 0.2) is 0 Å². The molecule has 0 saturated carbocycles. The molecule has 2 rings (SSSR count). The van der Waals surface area contributed by atoms with Gasteiger partial charge in [0.1, 0.15) is 11.5 Å². The third kappa shape index (κ3) is 3.66. The van der Waals surface area contributed by atoms with Crippen LogP contribution in [-0.2, 0) is 6.54 Å². The van der Waals surface area contributed by atoms with Crippen molar-refractivity contribution in [3.05, 3.63) is 53.6 Å². The van der Waals surface area contributed by atoms with E-state index in [9.17, 15) is 4.79 Å². The summed E-state index contributed by atoms with van der Waals surface area (Å²) >= 11 is 0. The lowest BCUT2D eigenvalue weighted by molar-refractivity contribution is 0.0697. The van der Waals surface area contributed by atoms with Gasteiger partial charge in [0, 0.05) is 23.9 Å². The second-order valence-corrected chi connectivity index (χ2v) is 4.42. The third-order valence-electron chi connectivity index (χ3n) is 3.09. The fourth-order valence-corrected chi connectivity index (χ4v) is 1.96. The van der Waals surface area contributed by atoms with E-state index in [4.69, 9.17) is 14.6 Å². The Morgan fingerprint density at radius 3 is 2.62 bits per heavy atom. The SMILES string of the molecule is COc1ccc(CNc2cccc(C(=O)O)c2)c(OC)c1. The van der Waals surface area contributed by atoms with Gasteiger partial charge in [-0.25, -0.2) is 4.79 Å². The number of hydrogen-bond acceptors (Lipinski definition) is 4. The number of anilines is 1. The maximum atomic E-state index is 10.9. The van der Waals surface area contributed by atoms with E-state index in [1.807, 2.05) is 24.3 Å². The van der Waals surface area contributed by atoms with Crippen molar-refractivity contribution in [2.45, 2.75) is 6.54 Å². The number of carboxylic acids is 1. The summed E-state index contributed by atoms with van der Waals surface area (Å²) in [6.07, 6.45) is 0. The Morgan fingerprint density at radius 1 is 1.14 bits per heavy atom. The lowest BCUT2D eigenvalue weighted by Gasteiger charge is -2.12. The molecule has 0 aliphatic rings. The van der Waals surface area contributed by atoms with Gasteiger partial charge in [-0.1, -0.05) is 6.07 Å². The molecule has 0 aliphatic heterocycles. The summed E-state index contributed by atoms with van der Waals surface area (Å²) in [7, 11) is 3.20. The summed E-state index contributed by atoms with van der Waals surface area (Å²) in [5, 5.41) is 12.2. The first kappa shape index (κ1) is 14.7. The number of nitrogens with one attached hydrogen (secondary N) is 1. The molecule has 2 N–H and O–H groups in total. The van der Waals surface area contributed by atoms with E-state index in [-0.39, 0.29) is 5.56 Å². The summed E-state index contributed by atoms with van der Waals surface area (Å²) in [4.78, 5) is 10.9. The van der Waals surface area contributed by atoms with Crippen LogP contribution in [0, 0.1) is 0 Å². The highest BCUT2D eigenvalue weighted by Gasteiger charge is 2.06. The minimum absolute atomic E-state index is 0.252. The predicted octanol–water partition coefficient (Wildman–Crippen LogP) is 3.01. The number of aromatic carboxylic acids is 1. The van der Waals surface area contributed by atoms with Gasteiger partial charge in [-0.2, -0.15) is 0 Å². The highest BCUT2D eigenvalue weighted by Crippen LogP contribution is 2.25. The maximum Gasteiger partial charge on any atom is 0.335 e. The average Bonchev–Trinajstić information content (AvgIpc) is 2.53. The smallest absolute Gasteiger partial charge is 0.335 e. The van der Waals surface area contributed by atoms with E-state index < -0.39 is 5.97 Å². The van der Waals surface area contributed by atoms with E-state index in [0.29, 0.717) is 6.54 Å². The average molecular weight is 287 g/mol. The number of carboxylic acid groups (broad SMARTS) is 1. The highest BCUT2D eigenvalue weighted by molar-refractivity contribution is 5.88. The Bertz CT molecular complexity index is 640. The number of benzene rings is 2. The summed E-state index contributed by atoms with van der Waals surface area (Å²) in [5.41, 5.74) is 1.95. The lowest BCUT2D eigenvalue weighted by Crippen LogP contribution is -2.03. The molecule has 0 fully saturated rings. The van der Waals surface area contributed by atoms with Crippen LogP contribution in [0.4, 0.5) is 5.69 Å². The maximum absolute atomic E-state index is 10.9. The zero-order valence-corrected chi connectivity index (χ0v) is 11.9. The van der Waals surface area contributed by atoms with Crippen LogP contribution in [0.5, 0.6) is 11.5 Å². The van der Waals surface area contributed by atoms with E-state index in [2.05, 4.69) is 5.32 Å². The molecule has 0 spiro atoms.